The molecule has 0 bridgehead atoms. The molecule has 0 aromatic heterocycles. The van der Waals surface area contributed by atoms with Crippen LogP contribution in [0.25, 0.3) is 0 Å². The van der Waals surface area contributed by atoms with E-state index in [0.29, 0.717) is 6.54 Å². The van der Waals surface area contributed by atoms with E-state index in [1.807, 2.05) is 18.7 Å². The summed E-state index contributed by atoms with van der Waals surface area (Å²) in [5, 5.41) is 8.46. The van der Waals surface area contributed by atoms with E-state index in [9.17, 15) is 9.59 Å². The van der Waals surface area contributed by atoms with Crippen LogP contribution in [-0.4, -0.2) is 42.1 Å². The van der Waals surface area contributed by atoms with Crippen molar-refractivity contribution in [2.45, 2.75) is 51.6 Å². The Bertz CT molecular complexity index is 300. The van der Waals surface area contributed by atoms with Gasteiger partial charge in [-0.2, -0.15) is 11.8 Å². The average molecular weight is 287 g/mol. The van der Waals surface area contributed by atoms with Crippen molar-refractivity contribution in [2.24, 2.45) is 0 Å². The molecule has 0 aromatic carbocycles. The fourth-order valence-electron chi connectivity index (χ4n) is 1.98. The van der Waals surface area contributed by atoms with Crippen LogP contribution in [0.3, 0.4) is 0 Å². The number of urea groups is 1. The highest BCUT2D eigenvalue weighted by molar-refractivity contribution is 7.99. The molecule has 2 atom stereocenters. The van der Waals surface area contributed by atoms with E-state index in [-0.39, 0.29) is 24.0 Å². The lowest BCUT2D eigenvalue weighted by atomic mass is 10.1. The summed E-state index contributed by atoms with van der Waals surface area (Å²) in [6.45, 7) is 4.83. The summed E-state index contributed by atoms with van der Waals surface area (Å²) in [5.74, 6) is 2.07. The topological polar surface area (TPSA) is 70.2 Å². The fraction of sp³-hybridized carbons (Fsp3) is 0.846. The Morgan fingerprint density at radius 2 is 2.32 bits per heavy atom. The first-order valence-corrected chi connectivity index (χ1v) is 8.21. The maximum Gasteiger partial charge on any atom is 0.315 e. The average Bonchev–Trinajstić information content (AvgIpc) is 2.55. The number of carbonyl (C=O) groups excluding carboxylic acids is 2. The van der Waals surface area contributed by atoms with Crippen LogP contribution in [0.5, 0.6) is 0 Å². The molecule has 1 aliphatic heterocycles. The summed E-state index contributed by atoms with van der Waals surface area (Å²) in [6, 6.07) is -0.497. The lowest BCUT2D eigenvalue weighted by Crippen LogP contribution is -2.50. The van der Waals surface area contributed by atoms with Gasteiger partial charge in [-0.15, -0.1) is 0 Å². The van der Waals surface area contributed by atoms with Crippen LogP contribution in [0.1, 0.15) is 39.5 Å². The standard InChI is InChI=1S/C13H25N3O2S/c1-3-19-9-7-10(2)15-13(18)16-11-6-4-5-8-14-12(11)17/h10-11H,3-9H2,1-2H3,(H,14,17)(H2,15,16,18)/t10-,11+/m1/s1. The third-order valence-electron chi connectivity index (χ3n) is 3.12. The first kappa shape index (κ1) is 16.1. The van der Waals surface area contributed by atoms with Gasteiger partial charge in [-0.1, -0.05) is 6.92 Å². The van der Waals surface area contributed by atoms with Gasteiger partial charge in [0.25, 0.3) is 0 Å². The molecular formula is C13H25N3O2S. The van der Waals surface area contributed by atoms with E-state index in [2.05, 4.69) is 22.9 Å². The van der Waals surface area contributed by atoms with Gasteiger partial charge in [0.05, 0.1) is 0 Å². The van der Waals surface area contributed by atoms with E-state index in [1.54, 1.807) is 0 Å². The maximum atomic E-state index is 11.8. The van der Waals surface area contributed by atoms with Gasteiger partial charge >= 0.3 is 6.03 Å². The molecule has 3 N–H and O–H groups in total. The summed E-state index contributed by atoms with van der Waals surface area (Å²) in [5.41, 5.74) is 0. The first-order chi connectivity index (χ1) is 9.13. The Morgan fingerprint density at radius 1 is 1.53 bits per heavy atom. The number of carbonyl (C=O) groups is 2. The van der Waals surface area contributed by atoms with E-state index in [1.165, 1.54) is 0 Å². The highest BCUT2D eigenvalue weighted by Crippen LogP contribution is 2.06. The highest BCUT2D eigenvalue weighted by atomic mass is 32.2. The minimum absolute atomic E-state index is 0.0677. The van der Waals surface area contributed by atoms with Crippen molar-refractivity contribution in [1.82, 2.24) is 16.0 Å². The molecule has 1 fully saturated rings. The van der Waals surface area contributed by atoms with E-state index in [4.69, 9.17) is 0 Å². The second kappa shape index (κ2) is 9.07. The SMILES string of the molecule is CCSCC[C@@H](C)NC(=O)N[C@H]1CCCCNC1=O. The molecule has 0 aliphatic carbocycles. The summed E-state index contributed by atoms with van der Waals surface area (Å²) >= 11 is 1.87. The zero-order chi connectivity index (χ0) is 14.1. The minimum atomic E-state index is -0.389. The lowest BCUT2D eigenvalue weighted by molar-refractivity contribution is -0.122. The number of nitrogens with one attached hydrogen (secondary N) is 3. The molecule has 0 spiro atoms. The quantitative estimate of drug-likeness (QED) is 0.648. The molecule has 0 unspecified atom stereocenters. The number of amides is 3. The highest BCUT2D eigenvalue weighted by Gasteiger charge is 2.22. The monoisotopic (exact) mass is 287 g/mol. The fourth-order valence-corrected chi connectivity index (χ4v) is 2.79. The zero-order valence-electron chi connectivity index (χ0n) is 11.8. The van der Waals surface area contributed by atoms with E-state index < -0.39 is 0 Å². The molecule has 1 aliphatic rings. The van der Waals surface area contributed by atoms with Crippen LogP contribution in [-0.2, 0) is 4.79 Å². The van der Waals surface area contributed by atoms with Gasteiger partial charge < -0.3 is 16.0 Å². The number of thioether (sulfide) groups is 1. The van der Waals surface area contributed by atoms with Gasteiger partial charge in [0.15, 0.2) is 0 Å². The Morgan fingerprint density at radius 3 is 3.05 bits per heavy atom. The summed E-state index contributed by atoms with van der Waals surface area (Å²) in [6.07, 6.45) is 3.62. The van der Waals surface area contributed by atoms with Gasteiger partial charge in [-0.05, 0) is 44.1 Å². The summed E-state index contributed by atoms with van der Waals surface area (Å²) < 4.78 is 0. The second-order valence-electron chi connectivity index (χ2n) is 4.84. The predicted molar refractivity (Wildman–Crippen MR) is 79.4 cm³/mol. The molecular weight excluding hydrogens is 262 g/mol. The smallest absolute Gasteiger partial charge is 0.315 e. The third kappa shape index (κ3) is 6.71. The van der Waals surface area contributed by atoms with Crippen molar-refractivity contribution in [3.05, 3.63) is 0 Å². The molecule has 1 saturated heterocycles. The predicted octanol–water partition coefficient (Wildman–Crippen LogP) is 1.49. The summed E-state index contributed by atoms with van der Waals surface area (Å²) in [4.78, 5) is 23.5. The molecule has 0 saturated carbocycles. The van der Waals surface area contributed by atoms with E-state index >= 15 is 0 Å². The number of hydrogen-bond donors (Lipinski definition) is 3. The van der Waals surface area contributed by atoms with Crippen LogP contribution < -0.4 is 16.0 Å². The van der Waals surface area contributed by atoms with Crippen molar-refractivity contribution >= 4 is 23.7 Å². The van der Waals surface area contributed by atoms with Crippen LogP contribution in [0.4, 0.5) is 4.79 Å². The van der Waals surface area contributed by atoms with Gasteiger partial charge in [0, 0.05) is 12.6 Å². The molecule has 0 radical (unpaired) electrons. The number of hydrogen-bond acceptors (Lipinski definition) is 3. The maximum absolute atomic E-state index is 11.8. The molecule has 19 heavy (non-hydrogen) atoms. The minimum Gasteiger partial charge on any atom is -0.354 e. The van der Waals surface area contributed by atoms with Crippen molar-refractivity contribution in [3.63, 3.8) is 0 Å². The first-order valence-electron chi connectivity index (χ1n) is 7.06. The third-order valence-corrected chi connectivity index (χ3v) is 4.05. The van der Waals surface area contributed by atoms with Crippen molar-refractivity contribution in [3.8, 4) is 0 Å². The van der Waals surface area contributed by atoms with Crippen molar-refractivity contribution in [2.75, 3.05) is 18.1 Å². The molecule has 0 aromatic rings. The van der Waals surface area contributed by atoms with Crippen LogP contribution in [0.15, 0.2) is 0 Å². The normalized spacial score (nSPS) is 21.2. The van der Waals surface area contributed by atoms with Gasteiger partial charge in [-0.25, -0.2) is 4.79 Å². The van der Waals surface area contributed by atoms with Crippen molar-refractivity contribution < 1.29 is 9.59 Å². The van der Waals surface area contributed by atoms with Gasteiger partial charge in [0.1, 0.15) is 6.04 Å². The van der Waals surface area contributed by atoms with Crippen molar-refractivity contribution in [1.29, 1.82) is 0 Å². The largest absolute Gasteiger partial charge is 0.354 e. The Balaban J connectivity index is 2.27. The Labute approximate surface area is 119 Å². The van der Waals surface area contributed by atoms with Crippen LogP contribution in [0, 0.1) is 0 Å². The lowest BCUT2D eigenvalue weighted by Gasteiger charge is -2.18. The molecule has 5 nitrogen and oxygen atoms in total. The molecule has 6 heteroatoms. The Hall–Kier alpha value is -0.910. The van der Waals surface area contributed by atoms with Crippen LogP contribution >= 0.6 is 11.8 Å². The molecule has 110 valence electrons. The van der Waals surface area contributed by atoms with Crippen LogP contribution in [0.2, 0.25) is 0 Å². The second-order valence-corrected chi connectivity index (χ2v) is 6.24. The molecule has 1 heterocycles. The summed E-state index contributed by atoms with van der Waals surface area (Å²) in [7, 11) is 0. The van der Waals surface area contributed by atoms with E-state index in [0.717, 1.165) is 37.2 Å². The van der Waals surface area contributed by atoms with Gasteiger partial charge in [0.2, 0.25) is 5.91 Å². The number of rotatable bonds is 6. The molecule has 3 amide bonds. The molecule has 1 rings (SSSR count). The Kier molecular flexibility index (Phi) is 7.70. The zero-order valence-corrected chi connectivity index (χ0v) is 12.6. The van der Waals surface area contributed by atoms with Gasteiger partial charge in [-0.3, -0.25) is 4.79 Å².